The first kappa shape index (κ1) is 21.8. The van der Waals surface area contributed by atoms with E-state index in [9.17, 15) is 9.59 Å². The van der Waals surface area contributed by atoms with Crippen molar-refractivity contribution in [1.82, 2.24) is 0 Å². The number of benzene rings is 2. The van der Waals surface area contributed by atoms with Gasteiger partial charge in [0.25, 0.3) is 0 Å². The van der Waals surface area contributed by atoms with E-state index < -0.39 is 29.2 Å². The first-order valence-electron chi connectivity index (χ1n) is 9.42. The molecular weight excluding hydrogens is 408 g/mol. The summed E-state index contributed by atoms with van der Waals surface area (Å²) in [6.07, 6.45) is -0.841. The Morgan fingerprint density at radius 3 is 2.20 bits per heavy atom. The molecule has 7 nitrogen and oxygen atoms in total. The Bertz CT molecular complexity index is 875. The first-order chi connectivity index (χ1) is 14.5. The lowest BCUT2D eigenvalue weighted by molar-refractivity contribution is -0.150. The van der Waals surface area contributed by atoms with Gasteiger partial charge in [-0.15, -0.1) is 11.8 Å². The fraction of sp³-hybridized carbons (Fsp3) is 0.364. The molecule has 0 aliphatic carbocycles. The molecule has 2 aromatic carbocycles. The van der Waals surface area contributed by atoms with Crippen LogP contribution in [-0.2, 0) is 19.1 Å². The maximum atomic E-state index is 12.9. The molecule has 0 bridgehead atoms. The van der Waals surface area contributed by atoms with E-state index in [-0.39, 0.29) is 6.61 Å². The molecule has 0 amide bonds. The molecule has 0 radical (unpaired) electrons. The molecule has 1 aliphatic rings. The van der Waals surface area contributed by atoms with Gasteiger partial charge in [-0.2, -0.15) is 0 Å². The zero-order valence-electron chi connectivity index (χ0n) is 17.2. The highest BCUT2D eigenvalue weighted by atomic mass is 32.2. The van der Waals surface area contributed by atoms with Crippen molar-refractivity contribution in [2.75, 3.05) is 27.9 Å². The normalized spacial score (nSPS) is 20.4. The number of cyclic esters (lactones) is 1. The van der Waals surface area contributed by atoms with Crippen LogP contribution in [0.25, 0.3) is 0 Å². The van der Waals surface area contributed by atoms with Crippen LogP contribution in [-0.4, -0.2) is 45.1 Å². The molecule has 0 saturated carbocycles. The molecule has 3 unspecified atom stereocenters. The van der Waals surface area contributed by atoms with Crippen LogP contribution in [0, 0.1) is 5.92 Å². The molecule has 1 fully saturated rings. The van der Waals surface area contributed by atoms with E-state index in [1.165, 1.54) is 33.1 Å². The van der Waals surface area contributed by atoms with Gasteiger partial charge in [0, 0.05) is 10.5 Å². The van der Waals surface area contributed by atoms with E-state index >= 15 is 0 Å². The van der Waals surface area contributed by atoms with Crippen LogP contribution < -0.4 is 14.2 Å². The fourth-order valence-electron chi connectivity index (χ4n) is 3.36. The molecule has 8 heteroatoms. The summed E-state index contributed by atoms with van der Waals surface area (Å²) in [6.45, 7) is 1.93. The van der Waals surface area contributed by atoms with Crippen LogP contribution >= 0.6 is 11.8 Å². The molecule has 1 aliphatic heterocycles. The Morgan fingerprint density at radius 2 is 1.67 bits per heavy atom. The largest absolute Gasteiger partial charge is 0.493 e. The van der Waals surface area contributed by atoms with E-state index in [0.717, 1.165) is 4.90 Å². The van der Waals surface area contributed by atoms with Gasteiger partial charge < -0.3 is 23.7 Å². The van der Waals surface area contributed by atoms with Gasteiger partial charge in [-0.25, -0.2) is 0 Å². The Morgan fingerprint density at radius 1 is 1.03 bits per heavy atom. The summed E-state index contributed by atoms with van der Waals surface area (Å²) in [7, 11) is 4.50. The first-order valence-corrected chi connectivity index (χ1v) is 10.3. The predicted molar refractivity (Wildman–Crippen MR) is 111 cm³/mol. The fourth-order valence-corrected chi connectivity index (χ4v) is 4.52. The number of hydrogen-bond acceptors (Lipinski definition) is 8. The lowest BCUT2D eigenvalue weighted by Gasteiger charge is -2.21. The van der Waals surface area contributed by atoms with Crippen molar-refractivity contribution in [2.24, 2.45) is 5.92 Å². The van der Waals surface area contributed by atoms with E-state index in [1.807, 2.05) is 30.3 Å². The molecule has 30 heavy (non-hydrogen) atoms. The Hall–Kier alpha value is -2.87. The average molecular weight is 432 g/mol. The number of esters is 2. The summed E-state index contributed by atoms with van der Waals surface area (Å²) in [5, 5.41) is -0.740. The Balaban J connectivity index is 2.02. The average Bonchev–Trinajstić information content (AvgIpc) is 3.09. The number of hydrogen-bond donors (Lipinski definition) is 0. The third-order valence-electron chi connectivity index (χ3n) is 4.71. The van der Waals surface area contributed by atoms with Crippen LogP contribution in [0.15, 0.2) is 47.4 Å². The van der Waals surface area contributed by atoms with E-state index in [4.69, 9.17) is 23.7 Å². The van der Waals surface area contributed by atoms with Crippen LogP contribution in [0.4, 0.5) is 0 Å². The molecule has 3 rings (SSSR count). The third kappa shape index (κ3) is 4.33. The van der Waals surface area contributed by atoms with Crippen molar-refractivity contribution in [1.29, 1.82) is 0 Å². The van der Waals surface area contributed by atoms with Crippen LogP contribution in [0.2, 0.25) is 0 Å². The quantitative estimate of drug-likeness (QED) is 0.585. The SMILES string of the molecule is CCOC(=O)C1C(Sc2ccccc2)C(=O)OC1c1cc(OC)c(OC)c(OC)c1. The highest BCUT2D eigenvalue weighted by molar-refractivity contribution is 8.00. The summed E-state index contributed by atoms with van der Waals surface area (Å²) in [5.74, 6) is -0.563. The second-order valence-corrected chi connectivity index (χ2v) is 7.66. The van der Waals surface area contributed by atoms with Crippen molar-refractivity contribution < 1.29 is 33.3 Å². The molecule has 1 saturated heterocycles. The van der Waals surface area contributed by atoms with Crippen molar-refractivity contribution in [3.05, 3.63) is 48.0 Å². The molecule has 160 valence electrons. The topological polar surface area (TPSA) is 80.3 Å². The second kappa shape index (κ2) is 9.75. The van der Waals surface area contributed by atoms with Gasteiger partial charge in [-0.05, 0) is 31.2 Å². The van der Waals surface area contributed by atoms with Crippen molar-refractivity contribution >= 4 is 23.7 Å². The van der Waals surface area contributed by atoms with Gasteiger partial charge >= 0.3 is 11.9 Å². The Labute approximate surface area is 179 Å². The van der Waals surface area contributed by atoms with Crippen LogP contribution in [0.3, 0.4) is 0 Å². The summed E-state index contributed by atoms with van der Waals surface area (Å²) < 4.78 is 27.1. The number of carbonyl (C=O) groups excluding carboxylic acids is 2. The smallest absolute Gasteiger partial charge is 0.321 e. The van der Waals surface area contributed by atoms with E-state index in [0.29, 0.717) is 22.8 Å². The van der Waals surface area contributed by atoms with Gasteiger partial charge in [0.2, 0.25) is 5.75 Å². The standard InChI is InChI=1S/C22H24O7S/c1-5-28-21(23)17-18(13-11-15(25-2)19(27-4)16(12-13)26-3)29-22(24)20(17)30-14-9-7-6-8-10-14/h6-12,17-18,20H,5H2,1-4H3. The van der Waals surface area contributed by atoms with Crippen molar-refractivity contribution in [2.45, 2.75) is 23.2 Å². The van der Waals surface area contributed by atoms with Gasteiger partial charge in [0.15, 0.2) is 11.5 Å². The number of thioether (sulfide) groups is 1. The number of ether oxygens (including phenoxy) is 5. The molecule has 0 N–H and O–H groups in total. The lowest BCUT2D eigenvalue weighted by atomic mass is 9.94. The van der Waals surface area contributed by atoms with E-state index in [2.05, 4.69) is 0 Å². The molecule has 0 spiro atoms. The van der Waals surface area contributed by atoms with Gasteiger partial charge in [0.1, 0.15) is 17.3 Å². The molecule has 2 aromatic rings. The summed E-state index contributed by atoms with van der Waals surface area (Å²) in [5.41, 5.74) is 0.562. The highest BCUT2D eigenvalue weighted by Crippen LogP contribution is 2.47. The molecule has 1 heterocycles. The molecule has 0 aromatic heterocycles. The van der Waals surface area contributed by atoms with Gasteiger partial charge in [-0.1, -0.05) is 18.2 Å². The van der Waals surface area contributed by atoms with Crippen molar-refractivity contribution in [3.63, 3.8) is 0 Å². The zero-order valence-corrected chi connectivity index (χ0v) is 18.1. The van der Waals surface area contributed by atoms with Gasteiger partial charge in [0.05, 0.1) is 27.9 Å². The summed E-state index contributed by atoms with van der Waals surface area (Å²) >= 11 is 1.29. The second-order valence-electron chi connectivity index (χ2n) is 6.45. The monoisotopic (exact) mass is 432 g/mol. The van der Waals surface area contributed by atoms with Gasteiger partial charge in [-0.3, -0.25) is 9.59 Å². The minimum Gasteiger partial charge on any atom is -0.493 e. The van der Waals surface area contributed by atoms with E-state index in [1.54, 1.807) is 19.1 Å². The van der Waals surface area contributed by atoms with Crippen molar-refractivity contribution in [3.8, 4) is 17.2 Å². The lowest BCUT2D eigenvalue weighted by Crippen LogP contribution is -2.29. The summed E-state index contributed by atoms with van der Waals surface area (Å²) in [4.78, 5) is 26.5. The Kier molecular flexibility index (Phi) is 7.10. The molecule has 3 atom stereocenters. The zero-order chi connectivity index (χ0) is 21.7. The summed E-state index contributed by atoms with van der Waals surface area (Å²) in [6, 6.07) is 12.8. The number of carbonyl (C=O) groups is 2. The maximum Gasteiger partial charge on any atom is 0.321 e. The minimum atomic E-state index is -0.841. The highest BCUT2D eigenvalue weighted by Gasteiger charge is 2.51. The minimum absolute atomic E-state index is 0.203. The number of methoxy groups -OCH3 is 3. The number of rotatable bonds is 8. The van der Waals surface area contributed by atoms with Crippen LogP contribution in [0.5, 0.6) is 17.2 Å². The predicted octanol–water partition coefficient (Wildman–Crippen LogP) is 3.65. The molecular formula is C22H24O7S. The maximum absolute atomic E-state index is 12.9. The van der Waals surface area contributed by atoms with Crippen LogP contribution in [0.1, 0.15) is 18.6 Å². The third-order valence-corrected chi connectivity index (χ3v) is 5.99.